The smallest absolute Gasteiger partial charge is 0.229 e. The van der Waals surface area contributed by atoms with Crippen molar-refractivity contribution < 1.29 is 4.79 Å². The third-order valence-electron chi connectivity index (χ3n) is 0.735. The number of hydrogen-bond acceptors (Lipinski definition) is 2. The zero-order valence-electron chi connectivity index (χ0n) is 3.60. The predicted molar refractivity (Wildman–Crippen MR) is 29.7 cm³/mol. The highest BCUT2D eigenvalue weighted by Crippen LogP contribution is 1.96. The number of thiocarbonyl (C=S) groups is 1. The molecule has 2 nitrogen and oxygen atoms in total. The summed E-state index contributed by atoms with van der Waals surface area (Å²) in [5.41, 5.74) is 0. The molecule has 1 fully saturated rings. The summed E-state index contributed by atoms with van der Waals surface area (Å²) in [6, 6.07) is 0. The van der Waals surface area contributed by atoms with Crippen molar-refractivity contribution in [1.29, 1.82) is 0 Å². The summed E-state index contributed by atoms with van der Waals surface area (Å²) in [4.78, 5) is 10.8. The summed E-state index contributed by atoms with van der Waals surface area (Å²) in [7, 11) is 0. The second kappa shape index (κ2) is 1.58. The molecule has 0 atom stereocenters. The zero-order chi connectivity index (χ0) is 5.28. The molecule has 1 rings (SSSR count). The highest BCUT2D eigenvalue weighted by Gasteiger charge is 2.12. The molecule has 0 bridgehead atoms. The summed E-state index contributed by atoms with van der Waals surface area (Å²) in [6.07, 6.45) is 2.15. The van der Waals surface area contributed by atoms with Crippen molar-refractivity contribution in [1.82, 2.24) is 5.32 Å². The number of amides is 1. The third kappa shape index (κ3) is 0.962. The van der Waals surface area contributed by atoms with Crippen LogP contribution < -0.4 is 5.32 Å². The molecule has 7 heavy (non-hydrogen) atoms. The number of nitrogens with one attached hydrogen (secondary N) is 1. The van der Waals surface area contributed by atoms with Crippen molar-refractivity contribution in [3.63, 3.8) is 0 Å². The molecule has 0 spiro atoms. The number of carbonyl (C=O) groups excluding carboxylic acids is 1. The quantitative estimate of drug-likeness (QED) is 0.450. The fourth-order valence-corrected chi connectivity index (χ4v) is 0.609. The largest absolute Gasteiger partial charge is 0.320 e. The van der Waals surface area contributed by atoms with Gasteiger partial charge in [0.25, 0.3) is 0 Å². The van der Waals surface area contributed by atoms with Crippen LogP contribution in [0.15, 0.2) is 0 Å². The van der Waals surface area contributed by atoms with Gasteiger partial charge in [-0.25, -0.2) is 0 Å². The molecular weight excluding hydrogens is 110 g/mol. The van der Waals surface area contributed by atoms with Gasteiger partial charge in [0.05, 0.1) is 11.4 Å². The van der Waals surface area contributed by atoms with Gasteiger partial charge in [0, 0.05) is 6.42 Å². The first-order valence-electron chi connectivity index (χ1n) is 1.96. The molecule has 1 aliphatic rings. The topological polar surface area (TPSA) is 29.1 Å². The van der Waals surface area contributed by atoms with E-state index in [2.05, 4.69) is 17.5 Å². The second-order valence-electron chi connectivity index (χ2n) is 1.32. The average Bonchev–Trinajstić information content (AvgIpc) is 1.87. The van der Waals surface area contributed by atoms with Crippen LogP contribution in [-0.4, -0.2) is 10.9 Å². The fraction of sp³-hybridized carbons (Fsp3) is 0.250. The molecular formula is C4H4NOS. The van der Waals surface area contributed by atoms with E-state index in [4.69, 9.17) is 0 Å². The molecule has 37 valence electrons. The lowest BCUT2D eigenvalue weighted by Crippen LogP contribution is -2.17. The van der Waals surface area contributed by atoms with E-state index in [1.807, 2.05) is 0 Å². The van der Waals surface area contributed by atoms with Gasteiger partial charge in [-0.1, -0.05) is 12.2 Å². The van der Waals surface area contributed by atoms with E-state index in [1.54, 1.807) is 0 Å². The number of rotatable bonds is 0. The van der Waals surface area contributed by atoms with Crippen LogP contribution in [0.5, 0.6) is 0 Å². The Morgan fingerprint density at radius 2 is 2.57 bits per heavy atom. The van der Waals surface area contributed by atoms with Crippen LogP contribution in [0.1, 0.15) is 6.42 Å². The van der Waals surface area contributed by atoms with E-state index in [0.29, 0.717) is 11.4 Å². The maximum atomic E-state index is 10.2. The maximum absolute atomic E-state index is 10.2. The molecule has 1 heterocycles. The average molecular weight is 114 g/mol. The van der Waals surface area contributed by atoms with Gasteiger partial charge >= 0.3 is 0 Å². The Kier molecular flexibility index (Phi) is 1.06. The number of hydrogen-bond donors (Lipinski definition) is 1. The van der Waals surface area contributed by atoms with Crippen LogP contribution in [0.2, 0.25) is 0 Å². The lowest BCUT2D eigenvalue weighted by Gasteiger charge is -1.83. The van der Waals surface area contributed by atoms with Crippen LogP contribution in [-0.2, 0) is 4.79 Å². The zero-order valence-corrected chi connectivity index (χ0v) is 4.42. The Balaban J connectivity index is 2.55. The predicted octanol–water partition coefficient (Wildman–Crippen LogP) is 0.0380. The Hall–Kier alpha value is -0.440. The first kappa shape index (κ1) is 4.71. The van der Waals surface area contributed by atoms with E-state index in [1.165, 1.54) is 6.42 Å². The summed E-state index contributed by atoms with van der Waals surface area (Å²) >= 11 is 4.63. The highest BCUT2D eigenvalue weighted by atomic mass is 32.1. The van der Waals surface area contributed by atoms with Gasteiger partial charge in [0.1, 0.15) is 0 Å². The van der Waals surface area contributed by atoms with Gasteiger partial charge < -0.3 is 5.32 Å². The van der Waals surface area contributed by atoms with Crippen molar-refractivity contribution in [3.8, 4) is 0 Å². The normalized spacial score (nSPS) is 20.0. The highest BCUT2D eigenvalue weighted by molar-refractivity contribution is 7.80. The van der Waals surface area contributed by atoms with E-state index in [9.17, 15) is 4.79 Å². The summed E-state index contributed by atoms with van der Waals surface area (Å²) in [5.74, 6) is -0.0648. The van der Waals surface area contributed by atoms with Crippen molar-refractivity contribution in [3.05, 3.63) is 6.42 Å². The molecule has 0 saturated carbocycles. The Labute approximate surface area is 46.9 Å². The lowest BCUT2D eigenvalue weighted by atomic mass is 10.4. The van der Waals surface area contributed by atoms with Crippen molar-refractivity contribution in [2.75, 3.05) is 0 Å². The van der Waals surface area contributed by atoms with Crippen molar-refractivity contribution in [2.24, 2.45) is 0 Å². The van der Waals surface area contributed by atoms with Crippen LogP contribution in [0.4, 0.5) is 0 Å². The Bertz CT molecular complexity index is 107. The first-order chi connectivity index (χ1) is 3.29. The SMILES string of the molecule is O=C1[CH]CC(=S)N1. The molecule has 1 saturated heterocycles. The molecule has 0 aromatic carbocycles. The van der Waals surface area contributed by atoms with Crippen molar-refractivity contribution in [2.45, 2.75) is 6.42 Å². The molecule has 0 aromatic rings. The molecule has 1 N–H and O–H groups in total. The molecule has 1 aliphatic heterocycles. The summed E-state index contributed by atoms with van der Waals surface area (Å²) < 4.78 is 0. The van der Waals surface area contributed by atoms with E-state index < -0.39 is 0 Å². The van der Waals surface area contributed by atoms with Gasteiger partial charge in [0.2, 0.25) is 5.91 Å². The molecule has 3 heteroatoms. The van der Waals surface area contributed by atoms with Crippen LogP contribution in [0.3, 0.4) is 0 Å². The van der Waals surface area contributed by atoms with Crippen LogP contribution in [0, 0.1) is 6.42 Å². The second-order valence-corrected chi connectivity index (χ2v) is 1.81. The minimum Gasteiger partial charge on any atom is -0.320 e. The lowest BCUT2D eigenvalue weighted by molar-refractivity contribution is -0.115. The monoisotopic (exact) mass is 114 g/mol. The molecule has 0 aromatic heterocycles. The van der Waals surface area contributed by atoms with Crippen LogP contribution in [0.25, 0.3) is 0 Å². The van der Waals surface area contributed by atoms with Gasteiger partial charge in [-0.05, 0) is 0 Å². The summed E-state index contributed by atoms with van der Waals surface area (Å²) in [6.45, 7) is 0. The van der Waals surface area contributed by atoms with E-state index in [-0.39, 0.29) is 5.91 Å². The third-order valence-corrected chi connectivity index (χ3v) is 1.00. The van der Waals surface area contributed by atoms with Gasteiger partial charge in [-0.2, -0.15) is 0 Å². The van der Waals surface area contributed by atoms with Gasteiger partial charge in [0.15, 0.2) is 0 Å². The Morgan fingerprint density at radius 1 is 1.86 bits per heavy atom. The van der Waals surface area contributed by atoms with Gasteiger partial charge in [-0.15, -0.1) is 0 Å². The standard InChI is InChI=1S/C4H4NOS/c6-3-1-2-4(7)5-3/h1H,2H2,(H,5,6,7). The molecule has 0 unspecified atom stereocenters. The Morgan fingerprint density at radius 3 is 2.71 bits per heavy atom. The number of carbonyl (C=O) groups is 1. The van der Waals surface area contributed by atoms with E-state index >= 15 is 0 Å². The maximum Gasteiger partial charge on any atom is 0.229 e. The van der Waals surface area contributed by atoms with Crippen molar-refractivity contribution >= 4 is 23.1 Å². The minimum atomic E-state index is -0.0648. The fourth-order valence-electron chi connectivity index (χ4n) is 0.425. The first-order valence-corrected chi connectivity index (χ1v) is 2.37. The molecule has 0 aliphatic carbocycles. The molecule has 1 amide bonds. The molecule has 1 radical (unpaired) electrons. The minimum absolute atomic E-state index is 0.0648. The van der Waals surface area contributed by atoms with E-state index in [0.717, 1.165) is 0 Å². The van der Waals surface area contributed by atoms with Crippen LogP contribution >= 0.6 is 12.2 Å². The summed E-state index contributed by atoms with van der Waals surface area (Å²) in [5, 5.41) is 2.45. The van der Waals surface area contributed by atoms with Gasteiger partial charge in [-0.3, -0.25) is 4.79 Å².